The summed E-state index contributed by atoms with van der Waals surface area (Å²) in [7, 11) is 0. The minimum Gasteiger partial charge on any atom is -0.417 e. The molecule has 6 heteroatoms. The van der Waals surface area contributed by atoms with Gasteiger partial charge in [-0.2, -0.15) is 0 Å². The molecule has 2 rings (SSSR count). The zero-order valence-corrected chi connectivity index (χ0v) is 16.9. The summed E-state index contributed by atoms with van der Waals surface area (Å²) in [5.74, 6) is 1.09. The van der Waals surface area contributed by atoms with Crippen LogP contribution in [0.2, 0.25) is 0 Å². The van der Waals surface area contributed by atoms with E-state index in [0.717, 1.165) is 19.3 Å². The Morgan fingerprint density at radius 3 is 2.23 bits per heavy atom. The number of hydrogen-bond donors (Lipinski definition) is 0. The third kappa shape index (κ3) is 6.31. The minimum atomic E-state index is -3.25. The van der Waals surface area contributed by atoms with E-state index in [1.54, 1.807) is 36.4 Å². The van der Waals surface area contributed by atoms with Crippen molar-refractivity contribution in [1.82, 2.24) is 0 Å². The van der Waals surface area contributed by atoms with Crippen molar-refractivity contribution >= 4 is 24.0 Å². The Morgan fingerprint density at radius 1 is 0.962 bits per heavy atom. The lowest BCUT2D eigenvalue weighted by molar-refractivity contribution is 0.103. The molecular formula is C20H25O4PS. The van der Waals surface area contributed by atoms with E-state index in [0.29, 0.717) is 29.2 Å². The molecule has 4 nitrogen and oxygen atoms in total. The molecule has 140 valence electrons. The van der Waals surface area contributed by atoms with Gasteiger partial charge in [0.25, 0.3) is 0 Å². The number of ketones is 1. The van der Waals surface area contributed by atoms with E-state index in [2.05, 4.69) is 6.92 Å². The van der Waals surface area contributed by atoms with Crippen molar-refractivity contribution in [1.29, 1.82) is 0 Å². The van der Waals surface area contributed by atoms with Crippen molar-refractivity contribution < 1.29 is 18.4 Å². The summed E-state index contributed by atoms with van der Waals surface area (Å²) in [4.78, 5) is 12.4. The van der Waals surface area contributed by atoms with E-state index in [9.17, 15) is 9.36 Å². The second kappa shape index (κ2) is 10.6. The molecule has 2 aromatic rings. The average Bonchev–Trinajstić information content (AvgIpc) is 2.67. The lowest BCUT2D eigenvalue weighted by Crippen LogP contribution is -2.01. The Labute approximate surface area is 159 Å². The number of rotatable bonds is 11. The van der Waals surface area contributed by atoms with Crippen LogP contribution in [0.3, 0.4) is 0 Å². The van der Waals surface area contributed by atoms with Gasteiger partial charge in [-0.05, 0) is 48.5 Å². The Hall–Kier alpha value is -1.55. The summed E-state index contributed by atoms with van der Waals surface area (Å²) in [5.41, 5.74) is 1.19. The molecule has 0 fully saturated rings. The predicted octanol–water partition coefficient (Wildman–Crippen LogP) is 6.36. The molecule has 0 bridgehead atoms. The van der Waals surface area contributed by atoms with Crippen LogP contribution in [0.15, 0.2) is 54.6 Å². The molecule has 0 aromatic heterocycles. The van der Waals surface area contributed by atoms with Gasteiger partial charge in [-0.3, -0.25) is 9.32 Å². The molecule has 26 heavy (non-hydrogen) atoms. The highest BCUT2D eigenvalue weighted by Gasteiger charge is 2.27. The van der Waals surface area contributed by atoms with Crippen molar-refractivity contribution in [2.45, 2.75) is 33.1 Å². The lowest BCUT2D eigenvalue weighted by Gasteiger charge is -2.18. The fourth-order valence-corrected chi connectivity index (χ4v) is 5.57. The molecule has 0 spiro atoms. The molecule has 0 saturated carbocycles. The first-order valence-electron chi connectivity index (χ1n) is 8.86. The van der Waals surface area contributed by atoms with Gasteiger partial charge in [0.05, 0.1) is 6.61 Å². The smallest absolute Gasteiger partial charge is 0.417 e. The summed E-state index contributed by atoms with van der Waals surface area (Å²) in [6.45, 7) is 1.23. The quantitative estimate of drug-likeness (QED) is 0.253. The van der Waals surface area contributed by atoms with Gasteiger partial charge in [0.1, 0.15) is 5.75 Å². The van der Waals surface area contributed by atoms with E-state index >= 15 is 0 Å². The largest absolute Gasteiger partial charge is 0.440 e. The number of unbranched alkanes of at least 4 members (excludes halogenated alkanes) is 1. The molecule has 0 aliphatic rings. The third-order valence-corrected chi connectivity index (χ3v) is 7.45. The third-order valence-electron chi connectivity index (χ3n) is 3.57. The summed E-state index contributed by atoms with van der Waals surface area (Å²) < 4.78 is 24.1. The summed E-state index contributed by atoms with van der Waals surface area (Å²) in [6, 6.07) is 15.8. The van der Waals surface area contributed by atoms with Gasteiger partial charge < -0.3 is 4.52 Å². The van der Waals surface area contributed by atoms with Crippen LogP contribution >= 0.6 is 18.2 Å². The first kappa shape index (κ1) is 20.8. The van der Waals surface area contributed by atoms with Crippen molar-refractivity contribution in [3.8, 4) is 5.75 Å². The fourth-order valence-electron chi connectivity index (χ4n) is 2.17. The number of benzene rings is 2. The van der Waals surface area contributed by atoms with Gasteiger partial charge in [-0.15, -0.1) is 0 Å². The first-order chi connectivity index (χ1) is 12.6. The zero-order chi connectivity index (χ0) is 18.8. The van der Waals surface area contributed by atoms with Gasteiger partial charge in [-0.25, -0.2) is 4.57 Å². The maximum atomic E-state index is 12.9. The maximum absolute atomic E-state index is 12.9. The minimum absolute atomic E-state index is 0.0557. The zero-order valence-electron chi connectivity index (χ0n) is 15.2. The van der Waals surface area contributed by atoms with Crippen LogP contribution < -0.4 is 4.52 Å². The van der Waals surface area contributed by atoms with Crippen LogP contribution in [0.5, 0.6) is 5.75 Å². The fraction of sp³-hybridized carbons (Fsp3) is 0.350. The molecule has 0 aliphatic heterocycles. The Morgan fingerprint density at radius 2 is 1.62 bits per heavy atom. The molecule has 1 unspecified atom stereocenters. The van der Waals surface area contributed by atoms with Crippen molar-refractivity contribution in [3.05, 3.63) is 65.7 Å². The SMILES string of the molecule is CCCCOP(=O)(Oc1ccc(C(=O)c2ccccc2)cc1)SCCC. The Kier molecular flexibility index (Phi) is 8.43. The van der Waals surface area contributed by atoms with E-state index < -0.39 is 6.80 Å². The van der Waals surface area contributed by atoms with Crippen molar-refractivity contribution in [2.24, 2.45) is 0 Å². The van der Waals surface area contributed by atoms with Gasteiger partial charge in [-0.1, -0.05) is 50.6 Å². The highest BCUT2D eigenvalue weighted by Crippen LogP contribution is 2.60. The average molecular weight is 392 g/mol. The molecule has 0 radical (unpaired) electrons. The van der Waals surface area contributed by atoms with E-state index in [1.165, 1.54) is 11.4 Å². The van der Waals surface area contributed by atoms with Gasteiger partial charge in [0.15, 0.2) is 5.78 Å². The normalized spacial score (nSPS) is 13.2. The lowest BCUT2D eigenvalue weighted by atomic mass is 10.0. The van der Waals surface area contributed by atoms with Crippen LogP contribution in [-0.2, 0) is 9.09 Å². The summed E-state index contributed by atoms with van der Waals surface area (Å²) in [5, 5.41) is 0. The molecule has 1 atom stereocenters. The second-order valence-corrected chi connectivity index (χ2v) is 9.90. The van der Waals surface area contributed by atoms with Gasteiger partial charge >= 0.3 is 6.80 Å². The summed E-state index contributed by atoms with van der Waals surface area (Å²) in [6.07, 6.45) is 2.69. The van der Waals surface area contributed by atoms with Crippen molar-refractivity contribution in [2.75, 3.05) is 12.4 Å². The van der Waals surface area contributed by atoms with E-state index in [1.807, 2.05) is 25.1 Å². The highest BCUT2D eigenvalue weighted by molar-refractivity contribution is 8.55. The van der Waals surface area contributed by atoms with Crippen LogP contribution in [-0.4, -0.2) is 18.1 Å². The molecule has 0 saturated heterocycles. The molecular weight excluding hydrogens is 367 g/mol. The van der Waals surface area contributed by atoms with E-state index in [4.69, 9.17) is 9.05 Å². The van der Waals surface area contributed by atoms with Gasteiger partial charge in [0, 0.05) is 16.9 Å². The van der Waals surface area contributed by atoms with E-state index in [-0.39, 0.29) is 5.78 Å². The van der Waals surface area contributed by atoms with Crippen LogP contribution in [0, 0.1) is 0 Å². The maximum Gasteiger partial charge on any atom is 0.440 e. The van der Waals surface area contributed by atoms with Crippen LogP contribution in [0.25, 0.3) is 0 Å². The highest BCUT2D eigenvalue weighted by atomic mass is 32.7. The summed E-state index contributed by atoms with van der Waals surface area (Å²) >= 11 is 1.22. The number of hydrogen-bond acceptors (Lipinski definition) is 5. The predicted molar refractivity (Wildman–Crippen MR) is 108 cm³/mol. The molecule has 0 heterocycles. The number of carbonyl (C=O) groups is 1. The Balaban J connectivity index is 2.07. The molecule has 0 N–H and O–H groups in total. The van der Waals surface area contributed by atoms with Gasteiger partial charge in [0.2, 0.25) is 0 Å². The number of carbonyl (C=O) groups excluding carboxylic acids is 1. The van der Waals surface area contributed by atoms with Crippen molar-refractivity contribution in [3.63, 3.8) is 0 Å². The van der Waals surface area contributed by atoms with Crippen LogP contribution in [0.4, 0.5) is 0 Å². The van der Waals surface area contributed by atoms with Crippen LogP contribution in [0.1, 0.15) is 49.0 Å². The topological polar surface area (TPSA) is 52.6 Å². The molecule has 0 aliphatic carbocycles. The standard InChI is InChI=1S/C20H25O4PS/c1-3-5-15-23-25(22,26-16-4-2)24-19-13-11-18(12-14-19)20(21)17-9-7-6-8-10-17/h6-14H,3-5,15-16H2,1-2H3. The Bertz CT molecular complexity index is 731. The molecule has 0 amide bonds. The monoisotopic (exact) mass is 392 g/mol. The molecule has 2 aromatic carbocycles. The first-order valence-corrected chi connectivity index (χ1v) is 12.0. The second-order valence-electron chi connectivity index (χ2n) is 5.78.